The predicted molar refractivity (Wildman–Crippen MR) is 79.8 cm³/mol. The van der Waals surface area contributed by atoms with Crippen molar-refractivity contribution in [3.63, 3.8) is 0 Å². The van der Waals surface area contributed by atoms with Gasteiger partial charge in [-0.05, 0) is 54.3 Å². The fourth-order valence-electron chi connectivity index (χ4n) is 2.58. The van der Waals surface area contributed by atoms with Crippen LogP contribution in [0, 0.1) is 0 Å². The SMILES string of the molecule is Nc1ccsc1C(=O)Nc1cccc2c1CCCC2. The summed E-state index contributed by atoms with van der Waals surface area (Å²) in [5.74, 6) is -0.105. The van der Waals surface area contributed by atoms with Crippen molar-refractivity contribution in [2.75, 3.05) is 11.1 Å². The summed E-state index contributed by atoms with van der Waals surface area (Å²) in [6, 6.07) is 7.91. The first-order valence-electron chi connectivity index (χ1n) is 6.51. The lowest BCUT2D eigenvalue weighted by molar-refractivity contribution is 0.103. The molecule has 1 aliphatic rings. The van der Waals surface area contributed by atoms with Crippen molar-refractivity contribution in [2.45, 2.75) is 25.7 Å². The molecule has 0 spiro atoms. The van der Waals surface area contributed by atoms with Crippen molar-refractivity contribution >= 4 is 28.6 Å². The molecular weight excluding hydrogens is 256 g/mol. The molecular formula is C15H16N2OS. The third-order valence-corrected chi connectivity index (χ3v) is 4.48. The van der Waals surface area contributed by atoms with Crippen LogP contribution in [0.2, 0.25) is 0 Å². The van der Waals surface area contributed by atoms with Gasteiger partial charge in [0.05, 0.1) is 5.69 Å². The van der Waals surface area contributed by atoms with Gasteiger partial charge < -0.3 is 11.1 Å². The highest BCUT2D eigenvalue weighted by Gasteiger charge is 2.16. The number of amides is 1. The zero-order valence-corrected chi connectivity index (χ0v) is 11.4. The van der Waals surface area contributed by atoms with Crippen LogP contribution in [0.15, 0.2) is 29.6 Å². The lowest BCUT2D eigenvalue weighted by Crippen LogP contribution is -2.15. The first-order chi connectivity index (χ1) is 9.25. The average Bonchev–Trinajstić information content (AvgIpc) is 2.85. The molecule has 0 saturated heterocycles. The maximum Gasteiger partial charge on any atom is 0.267 e. The Morgan fingerprint density at radius 3 is 2.84 bits per heavy atom. The number of nitrogens with two attached hydrogens (primary N) is 1. The first-order valence-corrected chi connectivity index (χ1v) is 7.39. The molecule has 0 atom stereocenters. The Hall–Kier alpha value is -1.81. The first kappa shape index (κ1) is 12.2. The lowest BCUT2D eigenvalue weighted by atomic mass is 9.90. The molecule has 3 N–H and O–H groups in total. The molecule has 1 heterocycles. The number of fused-ring (bicyclic) bond motifs is 1. The number of nitrogen functional groups attached to an aromatic ring is 1. The molecule has 0 aliphatic heterocycles. The van der Waals surface area contributed by atoms with Crippen LogP contribution in [-0.4, -0.2) is 5.91 Å². The minimum atomic E-state index is -0.105. The highest BCUT2D eigenvalue weighted by Crippen LogP contribution is 2.29. The van der Waals surface area contributed by atoms with Crippen LogP contribution in [0.5, 0.6) is 0 Å². The van der Waals surface area contributed by atoms with Crippen LogP contribution in [0.3, 0.4) is 0 Å². The topological polar surface area (TPSA) is 55.1 Å². The number of aryl methyl sites for hydroxylation is 1. The van der Waals surface area contributed by atoms with Gasteiger partial charge in [0.25, 0.3) is 5.91 Å². The van der Waals surface area contributed by atoms with Crippen LogP contribution in [-0.2, 0) is 12.8 Å². The number of nitrogens with one attached hydrogen (secondary N) is 1. The third kappa shape index (κ3) is 2.36. The van der Waals surface area contributed by atoms with Gasteiger partial charge in [-0.3, -0.25) is 4.79 Å². The molecule has 98 valence electrons. The molecule has 1 aliphatic carbocycles. The van der Waals surface area contributed by atoms with Crippen molar-refractivity contribution in [1.29, 1.82) is 0 Å². The zero-order chi connectivity index (χ0) is 13.2. The predicted octanol–water partition coefficient (Wildman–Crippen LogP) is 3.46. The van der Waals surface area contributed by atoms with Gasteiger partial charge in [0.1, 0.15) is 4.88 Å². The Morgan fingerprint density at radius 1 is 1.21 bits per heavy atom. The Kier molecular flexibility index (Phi) is 3.25. The standard InChI is InChI=1S/C15H16N2OS/c16-12-8-9-19-14(12)15(18)17-13-7-3-5-10-4-1-2-6-11(10)13/h3,5,7-9H,1-2,4,6,16H2,(H,17,18). The van der Waals surface area contributed by atoms with Crippen LogP contribution >= 0.6 is 11.3 Å². The molecule has 1 aromatic carbocycles. The van der Waals surface area contributed by atoms with Crippen molar-refractivity contribution in [3.05, 3.63) is 45.6 Å². The molecule has 0 fully saturated rings. The van der Waals surface area contributed by atoms with Crippen LogP contribution in [0.4, 0.5) is 11.4 Å². The van der Waals surface area contributed by atoms with Gasteiger partial charge in [0.2, 0.25) is 0 Å². The normalized spacial score (nSPS) is 13.9. The molecule has 4 heteroatoms. The minimum absolute atomic E-state index is 0.105. The quantitative estimate of drug-likeness (QED) is 0.879. The second kappa shape index (κ2) is 5.05. The zero-order valence-electron chi connectivity index (χ0n) is 10.6. The average molecular weight is 272 g/mol. The summed E-state index contributed by atoms with van der Waals surface area (Å²) in [4.78, 5) is 12.8. The summed E-state index contributed by atoms with van der Waals surface area (Å²) in [5, 5.41) is 4.84. The molecule has 0 bridgehead atoms. The Morgan fingerprint density at radius 2 is 2.05 bits per heavy atom. The Labute approximate surface area is 116 Å². The second-order valence-electron chi connectivity index (χ2n) is 4.81. The maximum atomic E-state index is 12.2. The van der Waals surface area contributed by atoms with E-state index in [1.165, 1.54) is 35.3 Å². The van der Waals surface area contributed by atoms with Crippen LogP contribution < -0.4 is 11.1 Å². The Bertz CT molecular complexity index is 618. The molecule has 3 rings (SSSR count). The van der Waals surface area contributed by atoms with E-state index in [1.54, 1.807) is 6.07 Å². The molecule has 0 saturated carbocycles. The summed E-state index contributed by atoms with van der Waals surface area (Å²) >= 11 is 1.38. The summed E-state index contributed by atoms with van der Waals surface area (Å²) in [6.07, 6.45) is 4.59. The van der Waals surface area contributed by atoms with E-state index in [9.17, 15) is 4.79 Å². The maximum absolute atomic E-state index is 12.2. The summed E-state index contributed by atoms with van der Waals surface area (Å²) in [7, 11) is 0. The number of carbonyl (C=O) groups is 1. The van der Waals surface area contributed by atoms with Gasteiger partial charge in [0.15, 0.2) is 0 Å². The minimum Gasteiger partial charge on any atom is -0.397 e. The lowest BCUT2D eigenvalue weighted by Gasteiger charge is -2.19. The molecule has 1 amide bonds. The van der Waals surface area contributed by atoms with Crippen molar-refractivity contribution < 1.29 is 4.79 Å². The molecule has 3 nitrogen and oxygen atoms in total. The van der Waals surface area contributed by atoms with Crippen LogP contribution in [0.25, 0.3) is 0 Å². The highest BCUT2D eigenvalue weighted by molar-refractivity contribution is 7.12. The van der Waals surface area contributed by atoms with Crippen molar-refractivity contribution in [3.8, 4) is 0 Å². The van der Waals surface area contributed by atoms with E-state index in [0.29, 0.717) is 10.6 Å². The van der Waals surface area contributed by atoms with E-state index in [0.717, 1.165) is 18.5 Å². The largest absolute Gasteiger partial charge is 0.397 e. The number of hydrogen-bond acceptors (Lipinski definition) is 3. The molecule has 2 aromatic rings. The number of carbonyl (C=O) groups excluding carboxylic acids is 1. The summed E-state index contributed by atoms with van der Waals surface area (Å²) in [5.41, 5.74) is 9.92. The summed E-state index contributed by atoms with van der Waals surface area (Å²) < 4.78 is 0. The summed E-state index contributed by atoms with van der Waals surface area (Å²) in [6.45, 7) is 0. The van der Waals surface area contributed by atoms with Gasteiger partial charge in [-0.15, -0.1) is 11.3 Å². The monoisotopic (exact) mass is 272 g/mol. The fraction of sp³-hybridized carbons (Fsp3) is 0.267. The van der Waals surface area contributed by atoms with Crippen LogP contribution in [0.1, 0.15) is 33.6 Å². The second-order valence-corrected chi connectivity index (χ2v) is 5.73. The van der Waals surface area contributed by atoms with Crippen molar-refractivity contribution in [2.24, 2.45) is 0 Å². The molecule has 0 unspecified atom stereocenters. The van der Waals surface area contributed by atoms with E-state index >= 15 is 0 Å². The van der Waals surface area contributed by atoms with Gasteiger partial charge in [-0.2, -0.15) is 0 Å². The highest BCUT2D eigenvalue weighted by atomic mass is 32.1. The molecule has 0 radical (unpaired) electrons. The number of anilines is 2. The van der Waals surface area contributed by atoms with Gasteiger partial charge >= 0.3 is 0 Å². The van der Waals surface area contributed by atoms with E-state index in [1.807, 2.05) is 17.5 Å². The van der Waals surface area contributed by atoms with E-state index in [4.69, 9.17) is 5.73 Å². The van der Waals surface area contributed by atoms with Gasteiger partial charge in [0, 0.05) is 5.69 Å². The number of rotatable bonds is 2. The van der Waals surface area contributed by atoms with E-state index < -0.39 is 0 Å². The number of benzene rings is 1. The van der Waals surface area contributed by atoms with Gasteiger partial charge in [-0.1, -0.05) is 12.1 Å². The molecule has 19 heavy (non-hydrogen) atoms. The number of hydrogen-bond donors (Lipinski definition) is 2. The Balaban J connectivity index is 1.88. The van der Waals surface area contributed by atoms with Gasteiger partial charge in [-0.25, -0.2) is 0 Å². The van der Waals surface area contributed by atoms with E-state index in [-0.39, 0.29) is 5.91 Å². The number of thiophene rings is 1. The smallest absolute Gasteiger partial charge is 0.267 e. The molecule has 1 aromatic heterocycles. The third-order valence-electron chi connectivity index (χ3n) is 3.55. The fourth-order valence-corrected chi connectivity index (χ4v) is 3.29. The van der Waals surface area contributed by atoms with Crippen molar-refractivity contribution in [1.82, 2.24) is 0 Å². The van der Waals surface area contributed by atoms with E-state index in [2.05, 4.69) is 11.4 Å².